The van der Waals surface area contributed by atoms with Crippen LogP contribution in [0.2, 0.25) is 0 Å². The maximum Gasteiger partial charge on any atom is 0.141 e. The van der Waals surface area contributed by atoms with E-state index in [-0.39, 0.29) is 24.6 Å². The number of hydrogen-bond donors (Lipinski definition) is 0. The molecule has 0 aliphatic heterocycles. The van der Waals surface area contributed by atoms with Crippen molar-refractivity contribution >= 4 is 17.4 Å². The summed E-state index contributed by atoms with van der Waals surface area (Å²) in [5.41, 5.74) is 2.91. The molecule has 0 radical (unpaired) electrons. The molecule has 1 saturated carbocycles. The molecule has 1 aliphatic rings. The van der Waals surface area contributed by atoms with Gasteiger partial charge in [0.2, 0.25) is 0 Å². The lowest BCUT2D eigenvalue weighted by Crippen LogP contribution is -2.34. The van der Waals surface area contributed by atoms with Gasteiger partial charge in [-0.2, -0.15) is 0 Å². The molecule has 23 heavy (non-hydrogen) atoms. The van der Waals surface area contributed by atoms with Gasteiger partial charge in [-0.05, 0) is 50.5 Å². The minimum absolute atomic E-state index is 0.119. The highest BCUT2D eigenvalue weighted by Gasteiger charge is 2.29. The van der Waals surface area contributed by atoms with E-state index in [9.17, 15) is 4.39 Å². The van der Waals surface area contributed by atoms with Crippen molar-refractivity contribution in [2.75, 3.05) is 0 Å². The van der Waals surface area contributed by atoms with Gasteiger partial charge < -0.3 is 9.26 Å². The molecular formula is C17H17FN2O2S. The number of rotatable bonds is 5. The van der Waals surface area contributed by atoms with Crippen LogP contribution < -0.4 is 0 Å². The largest absolute Gasteiger partial charge is 0.373 e. The van der Waals surface area contributed by atoms with Crippen LogP contribution in [-0.2, 0) is 11.3 Å². The molecule has 1 aromatic carbocycles. The zero-order valence-electron chi connectivity index (χ0n) is 13.0. The molecule has 0 bridgehead atoms. The third-order valence-electron chi connectivity index (χ3n) is 4.15. The molecule has 120 valence electrons. The third kappa shape index (κ3) is 3.39. The van der Waals surface area contributed by atoms with Gasteiger partial charge in [0.25, 0.3) is 0 Å². The molecule has 1 aliphatic carbocycles. The first-order valence-corrected chi connectivity index (χ1v) is 7.89. The van der Waals surface area contributed by atoms with Crippen LogP contribution in [0.3, 0.4) is 0 Å². The first-order chi connectivity index (χ1) is 11.1. The van der Waals surface area contributed by atoms with Gasteiger partial charge in [-0.1, -0.05) is 17.3 Å². The molecule has 6 heteroatoms. The summed E-state index contributed by atoms with van der Waals surface area (Å²) in [7, 11) is 0. The highest BCUT2D eigenvalue weighted by Crippen LogP contribution is 2.30. The molecule has 0 saturated heterocycles. The molecule has 0 atom stereocenters. The van der Waals surface area contributed by atoms with Gasteiger partial charge in [0.15, 0.2) is 0 Å². The molecule has 1 aromatic heterocycles. The second-order valence-corrected chi connectivity index (χ2v) is 5.97. The first-order valence-electron chi connectivity index (χ1n) is 7.48. The lowest BCUT2D eigenvalue weighted by molar-refractivity contribution is -0.0192. The molecule has 1 heterocycles. The highest BCUT2D eigenvalue weighted by atomic mass is 32.1. The quantitative estimate of drug-likeness (QED) is 0.607. The van der Waals surface area contributed by atoms with Crippen molar-refractivity contribution < 1.29 is 13.7 Å². The molecule has 0 N–H and O–H groups in total. The van der Waals surface area contributed by atoms with Crippen molar-refractivity contribution in [3.05, 3.63) is 41.0 Å². The van der Waals surface area contributed by atoms with Crippen LogP contribution in [0, 0.1) is 19.7 Å². The van der Waals surface area contributed by atoms with E-state index in [4.69, 9.17) is 9.26 Å². The van der Waals surface area contributed by atoms with Crippen molar-refractivity contribution in [2.45, 2.75) is 45.4 Å². The molecule has 4 nitrogen and oxygen atoms in total. The number of halogens is 1. The second-order valence-electron chi connectivity index (χ2n) is 5.78. The first kappa shape index (κ1) is 16.0. The van der Waals surface area contributed by atoms with Gasteiger partial charge in [-0.3, -0.25) is 0 Å². The number of nitrogens with zero attached hydrogens (tertiary/aromatic N) is 2. The fraction of sp³-hybridized carbons (Fsp3) is 0.412. The average Bonchev–Trinajstić information content (AvgIpc) is 2.81. The van der Waals surface area contributed by atoms with E-state index in [1.807, 2.05) is 19.9 Å². The Morgan fingerprint density at radius 1 is 1.43 bits per heavy atom. The number of benzene rings is 1. The predicted molar refractivity (Wildman–Crippen MR) is 88.0 cm³/mol. The van der Waals surface area contributed by atoms with Crippen LogP contribution in [0.15, 0.2) is 27.7 Å². The molecule has 3 rings (SSSR count). The maximum absolute atomic E-state index is 14.3. The number of ether oxygens (including phenoxy) is 1. The summed E-state index contributed by atoms with van der Waals surface area (Å²) >= 11 is 4.57. The Labute approximate surface area is 139 Å². The molecule has 0 spiro atoms. The topological polar surface area (TPSA) is 47.6 Å². The van der Waals surface area contributed by atoms with Crippen LogP contribution in [0.5, 0.6) is 0 Å². The Balaban J connectivity index is 1.65. The summed E-state index contributed by atoms with van der Waals surface area (Å²) in [6.07, 6.45) is 1.76. The predicted octanol–water partition coefficient (Wildman–Crippen LogP) is 4.25. The van der Waals surface area contributed by atoms with Crippen LogP contribution in [0.25, 0.3) is 11.1 Å². The number of hydrogen-bond acceptors (Lipinski definition) is 5. The molecule has 2 aromatic rings. The maximum atomic E-state index is 14.3. The number of thiocarbonyl (C=S) groups is 1. The standard InChI is InChI=1S/C17H17FN2O2S/c1-10-17(11(2)22-20-10)12-3-4-13(16(18)5-12)8-21-15-6-14(7-15)19-9-23/h3-5,14-15H,6-8H2,1-2H3/t14-,15+. The van der Waals surface area contributed by atoms with E-state index in [0.29, 0.717) is 11.3 Å². The number of isothiocyanates is 1. The van der Waals surface area contributed by atoms with Crippen molar-refractivity contribution in [1.82, 2.24) is 5.16 Å². The Bertz CT molecular complexity index is 742. The van der Waals surface area contributed by atoms with Crippen LogP contribution >= 0.6 is 12.2 Å². The Kier molecular flexibility index (Phi) is 4.66. The van der Waals surface area contributed by atoms with Crippen LogP contribution in [0.1, 0.15) is 29.9 Å². The van der Waals surface area contributed by atoms with E-state index in [1.54, 1.807) is 6.07 Å². The Morgan fingerprint density at radius 2 is 2.22 bits per heavy atom. The summed E-state index contributed by atoms with van der Waals surface area (Å²) in [4.78, 5) is 4.01. The van der Waals surface area contributed by atoms with Crippen molar-refractivity contribution in [3.8, 4) is 11.1 Å². The van der Waals surface area contributed by atoms with E-state index >= 15 is 0 Å². The lowest BCUT2D eigenvalue weighted by Gasteiger charge is -2.31. The van der Waals surface area contributed by atoms with Gasteiger partial charge in [-0.15, -0.1) is 0 Å². The summed E-state index contributed by atoms with van der Waals surface area (Å²) < 4.78 is 25.1. The smallest absolute Gasteiger partial charge is 0.141 e. The van der Waals surface area contributed by atoms with Gasteiger partial charge >= 0.3 is 0 Å². The monoisotopic (exact) mass is 332 g/mol. The SMILES string of the molecule is Cc1noc(C)c1-c1ccc(CO[C@H]2C[C@@H](N=C=S)C2)c(F)c1. The minimum Gasteiger partial charge on any atom is -0.373 e. The molecule has 0 amide bonds. The summed E-state index contributed by atoms with van der Waals surface area (Å²) in [6.45, 7) is 3.92. The molecular weight excluding hydrogens is 315 g/mol. The molecule has 0 unspecified atom stereocenters. The zero-order valence-corrected chi connectivity index (χ0v) is 13.8. The summed E-state index contributed by atoms with van der Waals surface area (Å²) in [6, 6.07) is 5.34. The second kappa shape index (κ2) is 6.71. The van der Waals surface area contributed by atoms with Crippen LogP contribution in [0.4, 0.5) is 4.39 Å². The zero-order chi connectivity index (χ0) is 16.4. The number of aliphatic imine (C=N–C) groups is 1. The van der Waals surface area contributed by atoms with Gasteiger partial charge in [-0.25, -0.2) is 9.38 Å². The Hall–Kier alpha value is -1.88. The van der Waals surface area contributed by atoms with E-state index in [2.05, 4.69) is 27.5 Å². The minimum atomic E-state index is -0.282. The van der Waals surface area contributed by atoms with Crippen molar-refractivity contribution in [3.63, 3.8) is 0 Å². The lowest BCUT2D eigenvalue weighted by atomic mass is 9.90. The average molecular weight is 332 g/mol. The van der Waals surface area contributed by atoms with Crippen molar-refractivity contribution in [1.29, 1.82) is 0 Å². The van der Waals surface area contributed by atoms with E-state index in [1.165, 1.54) is 6.07 Å². The highest BCUT2D eigenvalue weighted by molar-refractivity contribution is 7.78. The van der Waals surface area contributed by atoms with E-state index < -0.39 is 0 Å². The third-order valence-corrected chi connectivity index (χ3v) is 4.26. The summed E-state index contributed by atoms with van der Waals surface area (Å²) in [5, 5.41) is 6.28. The summed E-state index contributed by atoms with van der Waals surface area (Å²) in [5.74, 6) is 0.404. The number of aromatic nitrogens is 1. The molecule has 1 fully saturated rings. The normalized spacial score (nSPS) is 20.0. The fourth-order valence-corrected chi connectivity index (χ4v) is 2.93. The van der Waals surface area contributed by atoms with E-state index in [0.717, 1.165) is 29.7 Å². The fourth-order valence-electron chi connectivity index (χ4n) is 2.78. The Morgan fingerprint density at radius 3 is 2.83 bits per heavy atom. The number of aryl methyl sites for hydroxylation is 2. The van der Waals surface area contributed by atoms with Gasteiger partial charge in [0, 0.05) is 11.1 Å². The van der Waals surface area contributed by atoms with Gasteiger partial charge in [0.05, 0.1) is 29.6 Å². The van der Waals surface area contributed by atoms with Crippen LogP contribution in [-0.4, -0.2) is 22.5 Å². The van der Waals surface area contributed by atoms with Gasteiger partial charge in [0.1, 0.15) is 11.6 Å². The van der Waals surface area contributed by atoms with Crippen molar-refractivity contribution in [2.24, 2.45) is 4.99 Å².